The molecule has 0 radical (unpaired) electrons. The lowest BCUT2D eigenvalue weighted by Gasteiger charge is -2.04. The Morgan fingerprint density at radius 2 is 2.21 bits per heavy atom. The molecule has 2 aromatic rings. The number of nitrogens with zero attached hydrogens (tertiary/aromatic N) is 2. The zero-order chi connectivity index (χ0) is 13.9. The van der Waals surface area contributed by atoms with Crippen LogP contribution in [0.2, 0.25) is 4.34 Å². The lowest BCUT2D eigenvalue weighted by molar-refractivity contribution is 0.552. The van der Waals surface area contributed by atoms with Gasteiger partial charge in [-0.3, -0.25) is 4.68 Å². The van der Waals surface area contributed by atoms with Gasteiger partial charge in [0.15, 0.2) is 0 Å². The van der Waals surface area contributed by atoms with Gasteiger partial charge in [-0.1, -0.05) is 11.6 Å². The van der Waals surface area contributed by atoms with Crippen molar-refractivity contribution in [2.24, 2.45) is 0 Å². The van der Waals surface area contributed by atoms with Crippen molar-refractivity contribution in [3.05, 3.63) is 34.4 Å². The van der Waals surface area contributed by atoms with Gasteiger partial charge in [-0.05, 0) is 31.5 Å². The molecule has 0 aliphatic rings. The van der Waals surface area contributed by atoms with Gasteiger partial charge in [0.25, 0.3) is 0 Å². The molecule has 8 heteroatoms. The van der Waals surface area contributed by atoms with E-state index in [1.807, 2.05) is 19.2 Å². The number of aryl methyl sites for hydroxylation is 2. The van der Waals surface area contributed by atoms with Crippen LogP contribution in [-0.2, 0) is 16.6 Å². The zero-order valence-electron chi connectivity index (χ0n) is 10.3. The zero-order valence-corrected chi connectivity index (χ0v) is 12.7. The van der Waals surface area contributed by atoms with Gasteiger partial charge in [0, 0.05) is 19.3 Å². The molecule has 0 unspecified atom stereocenters. The summed E-state index contributed by atoms with van der Waals surface area (Å²) in [6, 6.07) is 5.00. The summed E-state index contributed by atoms with van der Waals surface area (Å²) >= 11 is 6.77. The molecule has 0 bridgehead atoms. The van der Waals surface area contributed by atoms with Crippen LogP contribution >= 0.6 is 22.9 Å². The van der Waals surface area contributed by atoms with Gasteiger partial charge in [-0.2, -0.15) is 5.10 Å². The second-order valence-corrected chi connectivity index (χ2v) is 7.74. The number of sulfonamides is 1. The highest BCUT2D eigenvalue weighted by Gasteiger charge is 2.15. The maximum absolute atomic E-state index is 11.9. The van der Waals surface area contributed by atoms with Crippen molar-refractivity contribution in [1.82, 2.24) is 14.5 Å². The third kappa shape index (κ3) is 4.04. The molecule has 0 fully saturated rings. The van der Waals surface area contributed by atoms with Crippen LogP contribution in [0.15, 0.2) is 28.6 Å². The van der Waals surface area contributed by atoms with E-state index in [9.17, 15) is 8.42 Å². The average molecular weight is 320 g/mol. The van der Waals surface area contributed by atoms with E-state index < -0.39 is 10.0 Å². The predicted molar refractivity (Wildman–Crippen MR) is 76.1 cm³/mol. The standard InChI is InChI=1S/C11H14ClN3O2S2/c1-9-5-8-15(14-9)7-2-6-13-19(16,17)11-4-3-10(12)18-11/h3-5,8,13H,2,6-7H2,1H3. The molecule has 2 aromatic heterocycles. The van der Waals surface area contributed by atoms with Gasteiger partial charge in [-0.25, -0.2) is 13.1 Å². The number of hydrogen-bond donors (Lipinski definition) is 1. The first kappa shape index (κ1) is 14.5. The van der Waals surface area contributed by atoms with E-state index in [1.165, 1.54) is 6.07 Å². The molecular weight excluding hydrogens is 306 g/mol. The van der Waals surface area contributed by atoms with E-state index in [2.05, 4.69) is 9.82 Å². The Balaban J connectivity index is 1.82. The Hall–Kier alpha value is -0.890. The highest BCUT2D eigenvalue weighted by atomic mass is 35.5. The predicted octanol–water partition coefficient (Wildman–Crippen LogP) is 2.28. The minimum absolute atomic E-state index is 0.243. The maximum atomic E-state index is 11.9. The number of thiophene rings is 1. The first-order chi connectivity index (χ1) is 8.97. The average Bonchev–Trinajstić information content (AvgIpc) is 2.94. The Bertz CT molecular complexity index is 648. The molecule has 104 valence electrons. The molecule has 0 atom stereocenters. The van der Waals surface area contributed by atoms with Crippen LogP contribution in [0.25, 0.3) is 0 Å². The number of nitrogens with one attached hydrogen (secondary N) is 1. The van der Waals surface area contributed by atoms with Crippen LogP contribution in [0.5, 0.6) is 0 Å². The van der Waals surface area contributed by atoms with E-state index in [4.69, 9.17) is 11.6 Å². The first-order valence-corrected chi connectivity index (χ1v) is 8.40. The summed E-state index contributed by atoms with van der Waals surface area (Å²) < 4.78 is 28.8. The lowest BCUT2D eigenvalue weighted by Crippen LogP contribution is -2.24. The summed E-state index contributed by atoms with van der Waals surface area (Å²) in [7, 11) is -3.43. The second-order valence-electron chi connectivity index (χ2n) is 4.03. The summed E-state index contributed by atoms with van der Waals surface area (Å²) in [4.78, 5) is 0. The molecule has 0 spiro atoms. The number of halogens is 1. The topological polar surface area (TPSA) is 64.0 Å². The largest absolute Gasteiger partial charge is 0.272 e. The van der Waals surface area contributed by atoms with Crippen LogP contribution in [0.4, 0.5) is 0 Å². The molecule has 2 rings (SSSR count). The molecule has 0 amide bonds. The number of aromatic nitrogens is 2. The SMILES string of the molecule is Cc1ccn(CCCNS(=O)(=O)c2ccc(Cl)s2)n1. The Labute approximate surface area is 121 Å². The van der Waals surface area contributed by atoms with Gasteiger partial charge in [0.1, 0.15) is 4.21 Å². The molecule has 0 aliphatic heterocycles. The van der Waals surface area contributed by atoms with Crippen LogP contribution in [0.3, 0.4) is 0 Å². The normalized spacial score (nSPS) is 11.9. The summed E-state index contributed by atoms with van der Waals surface area (Å²) in [5, 5.41) is 4.23. The lowest BCUT2D eigenvalue weighted by atomic mass is 10.4. The Morgan fingerprint density at radius 1 is 1.42 bits per heavy atom. The third-order valence-corrected chi connectivity index (χ3v) is 5.63. The van der Waals surface area contributed by atoms with E-state index in [1.54, 1.807) is 10.7 Å². The molecule has 0 aliphatic carbocycles. The molecule has 0 aromatic carbocycles. The van der Waals surface area contributed by atoms with E-state index in [-0.39, 0.29) is 4.21 Å². The van der Waals surface area contributed by atoms with Gasteiger partial charge >= 0.3 is 0 Å². The molecular formula is C11H14ClN3O2S2. The van der Waals surface area contributed by atoms with Crippen molar-refractivity contribution < 1.29 is 8.42 Å². The van der Waals surface area contributed by atoms with Gasteiger partial charge in [0.2, 0.25) is 10.0 Å². The summed E-state index contributed by atoms with van der Waals surface area (Å²) in [5.41, 5.74) is 0.953. The molecule has 1 N–H and O–H groups in total. The Kier molecular flexibility index (Phi) is 4.62. The van der Waals surface area contributed by atoms with Gasteiger partial charge in [0.05, 0.1) is 10.0 Å². The van der Waals surface area contributed by atoms with Crippen molar-refractivity contribution in [3.8, 4) is 0 Å². The summed E-state index contributed by atoms with van der Waals surface area (Å²) in [6.45, 7) is 2.97. The van der Waals surface area contributed by atoms with Crippen LogP contribution in [0, 0.1) is 6.92 Å². The fourth-order valence-electron chi connectivity index (χ4n) is 1.55. The monoisotopic (exact) mass is 319 g/mol. The van der Waals surface area contributed by atoms with E-state index in [0.717, 1.165) is 17.0 Å². The van der Waals surface area contributed by atoms with Crippen molar-refractivity contribution in [2.45, 2.75) is 24.1 Å². The number of hydrogen-bond acceptors (Lipinski definition) is 4. The van der Waals surface area contributed by atoms with E-state index >= 15 is 0 Å². The minimum atomic E-state index is -3.43. The van der Waals surface area contributed by atoms with Crippen molar-refractivity contribution >= 4 is 33.0 Å². The van der Waals surface area contributed by atoms with Crippen LogP contribution < -0.4 is 4.72 Å². The van der Waals surface area contributed by atoms with E-state index in [0.29, 0.717) is 23.8 Å². The van der Waals surface area contributed by atoms with Gasteiger partial charge < -0.3 is 0 Å². The fourth-order valence-corrected chi connectivity index (χ4v) is 4.15. The maximum Gasteiger partial charge on any atom is 0.250 e. The van der Waals surface area contributed by atoms with Crippen LogP contribution in [0.1, 0.15) is 12.1 Å². The molecule has 0 saturated carbocycles. The quantitative estimate of drug-likeness (QED) is 0.831. The second kappa shape index (κ2) is 6.04. The highest BCUT2D eigenvalue weighted by molar-refractivity contribution is 7.91. The van der Waals surface area contributed by atoms with Crippen molar-refractivity contribution in [3.63, 3.8) is 0 Å². The Morgan fingerprint density at radius 3 is 2.79 bits per heavy atom. The smallest absolute Gasteiger partial charge is 0.250 e. The first-order valence-electron chi connectivity index (χ1n) is 5.72. The molecule has 19 heavy (non-hydrogen) atoms. The van der Waals surface area contributed by atoms with Gasteiger partial charge in [-0.15, -0.1) is 11.3 Å². The van der Waals surface area contributed by atoms with Crippen molar-refractivity contribution in [1.29, 1.82) is 0 Å². The third-order valence-electron chi connectivity index (χ3n) is 2.44. The van der Waals surface area contributed by atoms with Crippen LogP contribution in [-0.4, -0.2) is 24.7 Å². The fraction of sp³-hybridized carbons (Fsp3) is 0.364. The molecule has 5 nitrogen and oxygen atoms in total. The molecule has 0 saturated heterocycles. The summed E-state index contributed by atoms with van der Waals surface area (Å²) in [5.74, 6) is 0. The minimum Gasteiger partial charge on any atom is -0.272 e. The summed E-state index contributed by atoms with van der Waals surface area (Å²) in [6.07, 6.45) is 2.56. The number of rotatable bonds is 6. The van der Waals surface area contributed by atoms with Crippen molar-refractivity contribution in [2.75, 3.05) is 6.54 Å². The highest BCUT2D eigenvalue weighted by Crippen LogP contribution is 2.25. The molecule has 2 heterocycles.